The van der Waals surface area contributed by atoms with Gasteiger partial charge < -0.3 is 14.5 Å². The van der Waals surface area contributed by atoms with Gasteiger partial charge in [0, 0.05) is 33.3 Å². The first kappa shape index (κ1) is 18.3. The number of ether oxygens (including phenoxy) is 1. The summed E-state index contributed by atoms with van der Waals surface area (Å²) in [6.07, 6.45) is 4.29. The molecule has 2 saturated heterocycles. The molecule has 0 N–H and O–H groups in total. The molecule has 7 nitrogen and oxygen atoms in total. The topological polar surface area (TPSA) is 75.6 Å². The summed E-state index contributed by atoms with van der Waals surface area (Å²) in [5.74, 6) is 0.166. The van der Waals surface area contributed by atoms with E-state index in [0.717, 1.165) is 44.3 Å². The summed E-state index contributed by atoms with van der Waals surface area (Å²) >= 11 is 1.17. The molecule has 0 saturated carbocycles. The van der Waals surface area contributed by atoms with Crippen LogP contribution < -0.4 is 0 Å². The molecular weight excluding hydrogens is 340 g/mol. The van der Waals surface area contributed by atoms with Crippen LogP contribution in [0, 0.1) is 5.41 Å². The molecule has 2 amide bonds. The Balaban J connectivity index is 1.70. The van der Waals surface area contributed by atoms with Crippen molar-refractivity contribution >= 4 is 23.3 Å². The number of amides is 2. The highest BCUT2D eigenvalue weighted by molar-refractivity contribution is 7.08. The van der Waals surface area contributed by atoms with Crippen molar-refractivity contribution in [2.45, 2.75) is 39.0 Å². The van der Waals surface area contributed by atoms with E-state index < -0.39 is 5.41 Å². The minimum Gasteiger partial charge on any atom is -0.383 e. The lowest BCUT2D eigenvalue weighted by molar-refractivity contribution is -0.146. The van der Waals surface area contributed by atoms with Gasteiger partial charge in [-0.15, -0.1) is 5.10 Å². The standard InChI is InChI=1S/C17H26N4O3S/c1-3-5-13-14(25-19-18-13)15(22)21-9-7-17(12-21)6-4-8-20(16(17)23)10-11-24-2/h3-12H2,1-2H3/t17-/m0/s1. The average molecular weight is 366 g/mol. The molecule has 1 aromatic rings. The second-order valence-electron chi connectivity index (χ2n) is 6.94. The van der Waals surface area contributed by atoms with Gasteiger partial charge in [0.25, 0.3) is 5.91 Å². The molecule has 0 unspecified atom stereocenters. The molecule has 3 rings (SSSR count). The van der Waals surface area contributed by atoms with Crippen LogP contribution in [0.1, 0.15) is 48.0 Å². The lowest BCUT2D eigenvalue weighted by Crippen LogP contribution is -2.51. The zero-order valence-corrected chi connectivity index (χ0v) is 15.8. The first-order chi connectivity index (χ1) is 12.1. The fourth-order valence-electron chi connectivity index (χ4n) is 3.91. The maximum Gasteiger partial charge on any atom is 0.267 e. The molecule has 1 spiro atoms. The van der Waals surface area contributed by atoms with E-state index in [2.05, 4.69) is 16.5 Å². The summed E-state index contributed by atoms with van der Waals surface area (Å²) in [6, 6.07) is 0. The molecule has 8 heteroatoms. The maximum atomic E-state index is 13.0. The van der Waals surface area contributed by atoms with E-state index >= 15 is 0 Å². The second kappa shape index (κ2) is 7.78. The summed E-state index contributed by atoms with van der Waals surface area (Å²) in [6.45, 7) is 5.18. The molecule has 1 atom stereocenters. The van der Waals surface area contributed by atoms with Gasteiger partial charge in [-0.05, 0) is 37.2 Å². The Labute approximate surface area is 152 Å². The van der Waals surface area contributed by atoms with Crippen LogP contribution >= 0.6 is 11.5 Å². The van der Waals surface area contributed by atoms with Gasteiger partial charge in [0.15, 0.2) is 0 Å². The van der Waals surface area contributed by atoms with E-state index in [1.807, 2.05) is 9.80 Å². The summed E-state index contributed by atoms with van der Waals surface area (Å²) in [7, 11) is 1.65. The van der Waals surface area contributed by atoms with Gasteiger partial charge in [-0.2, -0.15) is 0 Å². The Morgan fingerprint density at radius 2 is 2.20 bits per heavy atom. The van der Waals surface area contributed by atoms with E-state index in [0.29, 0.717) is 31.1 Å². The lowest BCUT2D eigenvalue weighted by atomic mass is 9.78. The molecule has 1 aromatic heterocycles. The van der Waals surface area contributed by atoms with E-state index in [9.17, 15) is 9.59 Å². The predicted octanol–water partition coefficient (Wildman–Crippen LogP) is 1.59. The maximum absolute atomic E-state index is 13.0. The first-order valence-electron chi connectivity index (χ1n) is 9.00. The molecule has 138 valence electrons. The van der Waals surface area contributed by atoms with Gasteiger partial charge in [0.1, 0.15) is 4.88 Å². The van der Waals surface area contributed by atoms with E-state index in [1.54, 1.807) is 7.11 Å². The van der Waals surface area contributed by atoms with Crippen molar-refractivity contribution in [3.63, 3.8) is 0 Å². The number of likely N-dealkylation sites (tertiary alicyclic amines) is 2. The number of methoxy groups -OCH3 is 1. The third-order valence-electron chi connectivity index (χ3n) is 5.27. The normalized spacial score (nSPS) is 23.7. The number of rotatable bonds is 6. The van der Waals surface area contributed by atoms with Gasteiger partial charge >= 0.3 is 0 Å². The lowest BCUT2D eigenvalue weighted by Gasteiger charge is -2.39. The monoisotopic (exact) mass is 366 g/mol. The molecular formula is C17H26N4O3S. The van der Waals surface area contributed by atoms with Crippen LogP contribution in [0.5, 0.6) is 0 Å². The Morgan fingerprint density at radius 1 is 1.36 bits per heavy atom. The Kier molecular flexibility index (Phi) is 5.68. The number of carbonyl (C=O) groups excluding carboxylic acids is 2. The van der Waals surface area contributed by atoms with Crippen molar-refractivity contribution < 1.29 is 14.3 Å². The highest BCUT2D eigenvalue weighted by atomic mass is 32.1. The van der Waals surface area contributed by atoms with Crippen LogP contribution in [-0.4, -0.2) is 71.1 Å². The Morgan fingerprint density at radius 3 is 2.96 bits per heavy atom. The van der Waals surface area contributed by atoms with Gasteiger partial charge in [0.2, 0.25) is 5.91 Å². The minimum atomic E-state index is -0.412. The molecule has 0 radical (unpaired) electrons. The third-order valence-corrected chi connectivity index (χ3v) is 6.02. The molecule has 2 aliphatic rings. The van der Waals surface area contributed by atoms with Crippen LogP contribution in [0.25, 0.3) is 0 Å². The smallest absolute Gasteiger partial charge is 0.267 e. The van der Waals surface area contributed by atoms with Gasteiger partial charge in [-0.25, -0.2) is 0 Å². The SMILES string of the molecule is CCCc1nnsc1C(=O)N1CC[C@@]2(CCCN(CCOC)C2=O)C1. The first-order valence-corrected chi connectivity index (χ1v) is 9.77. The molecule has 0 aliphatic carbocycles. The van der Waals surface area contributed by atoms with Gasteiger partial charge in [0.05, 0.1) is 17.7 Å². The summed E-state index contributed by atoms with van der Waals surface area (Å²) in [5, 5.41) is 4.10. The van der Waals surface area contributed by atoms with Gasteiger partial charge in [-0.3, -0.25) is 9.59 Å². The molecule has 0 bridgehead atoms. The highest BCUT2D eigenvalue weighted by Crippen LogP contribution is 2.40. The van der Waals surface area contributed by atoms with Crippen molar-refractivity contribution in [2.24, 2.45) is 5.41 Å². The quantitative estimate of drug-likeness (QED) is 0.764. The van der Waals surface area contributed by atoms with E-state index in [-0.39, 0.29) is 11.8 Å². The van der Waals surface area contributed by atoms with Crippen LogP contribution in [0.4, 0.5) is 0 Å². The Bertz CT molecular complexity index is 635. The van der Waals surface area contributed by atoms with E-state index in [1.165, 1.54) is 11.5 Å². The van der Waals surface area contributed by atoms with E-state index in [4.69, 9.17) is 4.74 Å². The molecule has 3 heterocycles. The average Bonchev–Trinajstić information content (AvgIpc) is 3.24. The van der Waals surface area contributed by atoms with Crippen molar-refractivity contribution in [3.05, 3.63) is 10.6 Å². The molecule has 2 aliphatic heterocycles. The number of aryl methyl sites for hydroxylation is 1. The number of hydrogen-bond donors (Lipinski definition) is 0. The number of piperidine rings is 1. The van der Waals surface area contributed by atoms with Crippen LogP contribution in [0.2, 0.25) is 0 Å². The molecule has 25 heavy (non-hydrogen) atoms. The number of aromatic nitrogens is 2. The van der Waals surface area contributed by atoms with Crippen LogP contribution in [-0.2, 0) is 16.0 Å². The van der Waals surface area contributed by atoms with Crippen molar-refractivity contribution in [3.8, 4) is 0 Å². The zero-order valence-electron chi connectivity index (χ0n) is 15.0. The third kappa shape index (κ3) is 3.55. The van der Waals surface area contributed by atoms with Crippen molar-refractivity contribution in [2.75, 3.05) is 39.9 Å². The second-order valence-corrected chi connectivity index (χ2v) is 7.70. The number of nitrogens with zero attached hydrogens (tertiary/aromatic N) is 4. The van der Waals surface area contributed by atoms with Crippen molar-refractivity contribution in [1.29, 1.82) is 0 Å². The van der Waals surface area contributed by atoms with Crippen LogP contribution in [0.15, 0.2) is 0 Å². The van der Waals surface area contributed by atoms with Gasteiger partial charge in [-0.1, -0.05) is 17.8 Å². The molecule has 2 fully saturated rings. The highest BCUT2D eigenvalue weighted by Gasteiger charge is 2.49. The van der Waals surface area contributed by atoms with Crippen LogP contribution in [0.3, 0.4) is 0 Å². The minimum absolute atomic E-state index is 0.0165. The fourth-order valence-corrected chi connectivity index (χ4v) is 4.58. The number of hydrogen-bond acceptors (Lipinski definition) is 6. The predicted molar refractivity (Wildman–Crippen MR) is 94.5 cm³/mol. The number of carbonyl (C=O) groups is 2. The van der Waals surface area contributed by atoms with Crippen molar-refractivity contribution in [1.82, 2.24) is 19.4 Å². The summed E-state index contributed by atoms with van der Waals surface area (Å²) < 4.78 is 9.07. The summed E-state index contributed by atoms with van der Waals surface area (Å²) in [5.41, 5.74) is 0.375. The summed E-state index contributed by atoms with van der Waals surface area (Å²) in [4.78, 5) is 30.3. The largest absolute Gasteiger partial charge is 0.383 e. The Hall–Kier alpha value is -1.54. The fraction of sp³-hybridized carbons (Fsp3) is 0.765. The molecule has 0 aromatic carbocycles. The zero-order chi connectivity index (χ0) is 17.9.